The standard InChI is InChI=1S/C25H29F5N6O3S/c1-11-16(21-35-17-12(2)31-8-5-15(17)40-21)20(36-22(33-11)32-10-24(26,27)25(28,29)30)34-14-9-13(18(37)19(14)38)23(39)6-3-4-7-23/h5,8,13-14,18-19,37-39H,3-4,6-7,9-10H2,1-2H3,(H2,32,33,34,36)/t13-,14?,18+,19-/m0/s1. The summed E-state index contributed by atoms with van der Waals surface area (Å²) in [6.45, 7) is 1.55. The van der Waals surface area contributed by atoms with Crippen molar-refractivity contribution in [3.05, 3.63) is 23.7 Å². The van der Waals surface area contributed by atoms with Gasteiger partial charge in [-0.3, -0.25) is 4.98 Å². The SMILES string of the molecule is Cc1nc(NCC(F)(F)C(F)(F)F)nc(NC2C[C@H](C3(O)CCCC3)[C@@H](O)[C@H]2O)c1-c1nc2c(C)nccc2s1. The van der Waals surface area contributed by atoms with Crippen LogP contribution in [0.3, 0.4) is 0 Å². The van der Waals surface area contributed by atoms with E-state index < -0.39 is 54.4 Å². The van der Waals surface area contributed by atoms with Gasteiger partial charge in [-0.15, -0.1) is 11.3 Å². The van der Waals surface area contributed by atoms with Gasteiger partial charge in [0.15, 0.2) is 0 Å². The van der Waals surface area contributed by atoms with Crippen molar-refractivity contribution in [3.63, 3.8) is 0 Å². The lowest BCUT2D eigenvalue weighted by Gasteiger charge is -2.32. The number of aliphatic hydroxyl groups excluding tert-OH is 2. The van der Waals surface area contributed by atoms with Gasteiger partial charge in [0.2, 0.25) is 5.95 Å². The van der Waals surface area contributed by atoms with Crippen molar-refractivity contribution >= 4 is 33.3 Å². The summed E-state index contributed by atoms with van der Waals surface area (Å²) in [4.78, 5) is 17.2. The van der Waals surface area contributed by atoms with Gasteiger partial charge in [-0.25, -0.2) is 9.97 Å². The molecule has 1 unspecified atom stereocenters. The molecule has 2 fully saturated rings. The maximum Gasteiger partial charge on any atom is 0.455 e. The highest BCUT2D eigenvalue weighted by molar-refractivity contribution is 7.21. The molecule has 0 bridgehead atoms. The molecule has 2 aliphatic carbocycles. The molecular weight excluding hydrogens is 559 g/mol. The number of anilines is 2. The second kappa shape index (κ2) is 10.3. The van der Waals surface area contributed by atoms with E-state index in [1.54, 1.807) is 19.2 Å². The molecule has 0 aromatic carbocycles. The Morgan fingerprint density at radius 2 is 1.73 bits per heavy atom. The maximum atomic E-state index is 13.6. The molecule has 0 saturated heterocycles. The Morgan fingerprint density at radius 3 is 2.38 bits per heavy atom. The van der Waals surface area contributed by atoms with Crippen LogP contribution in [0.1, 0.15) is 43.5 Å². The summed E-state index contributed by atoms with van der Waals surface area (Å²) in [6, 6.07) is 0.964. The van der Waals surface area contributed by atoms with Gasteiger partial charge in [0.05, 0.1) is 45.9 Å². The molecule has 0 amide bonds. The Balaban J connectivity index is 1.52. The van der Waals surface area contributed by atoms with Crippen LogP contribution < -0.4 is 10.6 Å². The number of fused-ring (bicyclic) bond motifs is 1. The van der Waals surface area contributed by atoms with E-state index in [0.29, 0.717) is 34.6 Å². The van der Waals surface area contributed by atoms with Gasteiger partial charge in [0.1, 0.15) is 22.4 Å². The number of thiazole rings is 1. The quantitative estimate of drug-likeness (QED) is 0.257. The molecule has 3 aromatic rings. The fourth-order valence-corrected chi connectivity index (χ4v) is 6.75. The second-order valence-electron chi connectivity index (χ2n) is 10.6. The zero-order valence-corrected chi connectivity index (χ0v) is 22.5. The summed E-state index contributed by atoms with van der Waals surface area (Å²) in [5.74, 6) is -6.09. The normalized spacial score (nSPS) is 25.1. The summed E-state index contributed by atoms with van der Waals surface area (Å²) < 4.78 is 66.2. The van der Waals surface area contributed by atoms with Crippen LogP contribution in [0, 0.1) is 19.8 Å². The number of rotatable bonds is 7. The van der Waals surface area contributed by atoms with Gasteiger partial charge in [-0.2, -0.15) is 26.9 Å². The third-order valence-electron chi connectivity index (χ3n) is 7.84. The monoisotopic (exact) mass is 588 g/mol. The fraction of sp³-hybridized carbons (Fsp3) is 0.600. The summed E-state index contributed by atoms with van der Waals surface area (Å²) >= 11 is 1.29. The van der Waals surface area contributed by atoms with Crippen molar-refractivity contribution in [2.24, 2.45) is 5.92 Å². The van der Waals surface area contributed by atoms with E-state index in [2.05, 4.69) is 25.3 Å². The number of hydrogen-bond donors (Lipinski definition) is 5. The Kier molecular flexibility index (Phi) is 7.38. The van der Waals surface area contributed by atoms with Crippen LogP contribution in [0.5, 0.6) is 0 Å². The molecule has 9 nitrogen and oxygen atoms in total. The molecule has 3 heterocycles. The van der Waals surface area contributed by atoms with Crippen molar-refractivity contribution in [1.82, 2.24) is 19.9 Å². The van der Waals surface area contributed by atoms with E-state index >= 15 is 0 Å². The van der Waals surface area contributed by atoms with Crippen LogP contribution in [-0.4, -0.2) is 77.7 Å². The Morgan fingerprint density at radius 1 is 1.02 bits per heavy atom. The molecule has 218 valence electrons. The first-order valence-electron chi connectivity index (χ1n) is 12.8. The summed E-state index contributed by atoms with van der Waals surface area (Å²) in [5, 5.41) is 38.3. The van der Waals surface area contributed by atoms with Crippen LogP contribution in [0.2, 0.25) is 0 Å². The van der Waals surface area contributed by atoms with Crippen LogP contribution in [0.25, 0.3) is 20.8 Å². The molecule has 0 spiro atoms. The minimum absolute atomic E-state index is 0.0327. The lowest BCUT2D eigenvalue weighted by molar-refractivity contribution is -0.275. The number of pyridine rings is 1. The highest BCUT2D eigenvalue weighted by atomic mass is 32.1. The van der Waals surface area contributed by atoms with E-state index in [1.165, 1.54) is 18.3 Å². The Labute approximate surface area is 229 Å². The number of aliphatic hydroxyl groups is 3. The lowest BCUT2D eigenvalue weighted by atomic mass is 9.83. The molecular formula is C25H29F5N6O3S. The molecule has 4 atom stereocenters. The predicted octanol–water partition coefficient (Wildman–Crippen LogP) is 4.20. The third-order valence-corrected chi connectivity index (χ3v) is 8.88. The van der Waals surface area contributed by atoms with Crippen molar-refractivity contribution < 1.29 is 37.3 Å². The van der Waals surface area contributed by atoms with E-state index in [4.69, 9.17) is 0 Å². The van der Waals surface area contributed by atoms with Crippen LogP contribution in [0.4, 0.5) is 33.7 Å². The number of aryl methyl sites for hydroxylation is 2. The zero-order valence-electron chi connectivity index (χ0n) is 21.6. The first-order valence-corrected chi connectivity index (χ1v) is 13.7. The van der Waals surface area contributed by atoms with Crippen molar-refractivity contribution in [3.8, 4) is 10.6 Å². The fourth-order valence-electron chi connectivity index (χ4n) is 5.64. The molecule has 2 aliphatic rings. The lowest BCUT2D eigenvalue weighted by Crippen LogP contribution is -2.42. The van der Waals surface area contributed by atoms with Gasteiger partial charge < -0.3 is 26.0 Å². The van der Waals surface area contributed by atoms with Crippen molar-refractivity contribution in [2.45, 2.75) is 81.9 Å². The number of nitrogens with one attached hydrogen (secondary N) is 2. The molecule has 5 N–H and O–H groups in total. The molecule has 15 heteroatoms. The average Bonchev–Trinajstić information content (AvgIpc) is 3.57. The third kappa shape index (κ3) is 5.19. The number of hydrogen-bond acceptors (Lipinski definition) is 10. The van der Waals surface area contributed by atoms with E-state index in [9.17, 15) is 37.3 Å². The van der Waals surface area contributed by atoms with E-state index in [-0.39, 0.29) is 17.9 Å². The highest BCUT2D eigenvalue weighted by Gasteiger charge is 2.57. The number of nitrogens with zero attached hydrogens (tertiary/aromatic N) is 4. The minimum atomic E-state index is -5.76. The van der Waals surface area contributed by atoms with Crippen LogP contribution in [-0.2, 0) is 0 Å². The Hall–Kier alpha value is -2.75. The van der Waals surface area contributed by atoms with E-state index in [0.717, 1.165) is 17.5 Å². The zero-order chi connectivity index (χ0) is 29.0. The average molecular weight is 589 g/mol. The van der Waals surface area contributed by atoms with Gasteiger partial charge in [-0.05, 0) is 39.2 Å². The first kappa shape index (κ1) is 28.8. The number of aromatic nitrogens is 4. The van der Waals surface area contributed by atoms with E-state index in [1.807, 2.05) is 5.32 Å². The van der Waals surface area contributed by atoms with Crippen molar-refractivity contribution in [1.29, 1.82) is 0 Å². The predicted molar refractivity (Wildman–Crippen MR) is 138 cm³/mol. The highest BCUT2D eigenvalue weighted by Crippen LogP contribution is 2.45. The largest absolute Gasteiger partial charge is 0.455 e. The maximum absolute atomic E-state index is 13.6. The smallest absolute Gasteiger partial charge is 0.390 e. The molecule has 5 rings (SSSR count). The minimum Gasteiger partial charge on any atom is -0.390 e. The summed E-state index contributed by atoms with van der Waals surface area (Å²) in [6.07, 6.45) is -3.91. The van der Waals surface area contributed by atoms with Gasteiger partial charge in [0, 0.05) is 12.1 Å². The van der Waals surface area contributed by atoms with Gasteiger partial charge in [0.25, 0.3) is 0 Å². The molecule has 0 radical (unpaired) electrons. The van der Waals surface area contributed by atoms with Crippen LogP contribution >= 0.6 is 11.3 Å². The van der Waals surface area contributed by atoms with Crippen molar-refractivity contribution in [2.75, 3.05) is 17.2 Å². The first-order chi connectivity index (χ1) is 18.7. The molecule has 2 saturated carbocycles. The summed E-state index contributed by atoms with van der Waals surface area (Å²) in [7, 11) is 0. The second-order valence-corrected chi connectivity index (χ2v) is 11.6. The Bertz CT molecular complexity index is 1400. The molecule has 40 heavy (non-hydrogen) atoms. The summed E-state index contributed by atoms with van der Waals surface area (Å²) in [5.41, 5.74) is 0.759. The molecule has 3 aromatic heterocycles. The van der Waals surface area contributed by atoms with Gasteiger partial charge >= 0.3 is 12.1 Å². The molecule has 0 aliphatic heterocycles. The van der Waals surface area contributed by atoms with Crippen LogP contribution in [0.15, 0.2) is 12.3 Å². The van der Waals surface area contributed by atoms with Gasteiger partial charge in [-0.1, -0.05) is 12.8 Å². The number of alkyl halides is 5. The number of halogens is 5. The topological polar surface area (TPSA) is 136 Å².